The Kier molecular flexibility index (Phi) is 9.30. The largest absolute Gasteiger partial charge is 0.380 e. The normalized spacial score (nSPS) is 14.2. The average Bonchev–Trinajstić information content (AvgIpc) is 2.32. The number of halogens is 1. The van der Waals surface area contributed by atoms with Gasteiger partial charge in [0.15, 0.2) is 0 Å². The Labute approximate surface area is 112 Å². The lowest BCUT2D eigenvalue weighted by Gasteiger charge is -2.04. The zero-order valence-corrected chi connectivity index (χ0v) is 11.9. The predicted molar refractivity (Wildman–Crippen MR) is 79.6 cm³/mol. The van der Waals surface area contributed by atoms with Crippen LogP contribution in [0.4, 0.5) is 0 Å². The minimum absolute atomic E-state index is 0.507. The SMILES string of the molecule is C=C/C(COC)=C(\C=C/N=C)/C=C(Br)\C=C/C. The highest BCUT2D eigenvalue weighted by Gasteiger charge is 1.99. The van der Waals surface area contributed by atoms with Crippen molar-refractivity contribution in [3.05, 3.63) is 58.8 Å². The molecule has 0 aromatic heterocycles. The Morgan fingerprint density at radius 1 is 1.41 bits per heavy atom. The molecule has 0 spiro atoms. The van der Waals surface area contributed by atoms with Crippen molar-refractivity contribution in [2.24, 2.45) is 4.99 Å². The summed E-state index contributed by atoms with van der Waals surface area (Å²) in [5.41, 5.74) is 1.98. The van der Waals surface area contributed by atoms with Gasteiger partial charge < -0.3 is 4.74 Å². The fourth-order valence-corrected chi connectivity index (χ4v) is 1.66. The van der Waals surface area contributed by atoms with Crippen LogP contribution in [0.3, 0.4) is 0 Å². The average molecular weight is 296 g/mol. The summed E-state index contributed by atoms with van der Waals surface area (Å²) in [6.45, 7) is 9.67. The van der Waals surface area contributed by atoms with Crippen LogP contribution in [0, 0.1) is 0 Å². The molecular formula is C14H18BrNO. The number of rotatable bonds is 7. The maximum absolute atomic E-state index is 5.13. The molecule has 0 atom stereocenters. The summed E-state index contributed by atoms with van der Waals surface area (Å²) in [4.78, 5) is 3.70. The van der Waals surface area contributed by atoms with Crippen LogP contribution in [0.5, 0.6) is 0 Å². The third-order valence-electron chi connectivity index (χ3n) is 1.90. The number of hydrogen-bond donors (Lipinski definition) is 0. The second kappa shape index (κ2) is 10.00. The first-order chi connectivity index (χ1) is 8.19. The van der Waals surface area contributed by atoms with Gasteiger partial charge in [0.1, 0.15) is 0 Å². The molecule has 0 rings (SSSR count). The van der Waals surface area contributed by atoms with Crippen molar-refractivity contribution in [2.75, 3.05) is 13.7 Å². The van der Waals surface area contributed by atoms with Gasteiger partial charge in [-0.3, -0.25) is 4.99 Å². The molecule has 0 amide bonds. The molecular weight excluding hydrogens is 278 g/mol. The number of allylic oxidation sites excluding steroid dienone is 6. The molecule has 0 bridgehead atoms. The lowest BCUT2D eigenvalue weighted by Crippen LogP contribution is -1.94. The molecule has 0 radical (unpaired) electrons. The van der Waals surface area contributed by atoms with Crippen LogP contribution in [0.15, 0.2) is 63.8 Å². The van der Waals surface area contributed by atoms with Crippen molar-refractivity contribution >= 4 is 22.6 Å². The number of ether oxygens (including phenoxy) is 1. The lowest BCUT2D eigenvalue weighted by molar-refractivity contribution is 0.228. The van der Waals surface area contributed by atoms with Gasteiger partial charge in [-0.2, -0.15) is 0 Å². The molecule has 0 aliphatic carbocycles. The number of aliphatic imine (C=N–C) groups is 1. The second-order valence-electron chi connectivity index (χ2n) is 3.15. The molecule has 0 N–H and O–H groups in total. The van der Waals surface area contributed by atoms with E-state index in [2.05, 4.69) is 34.2 Å². The summed E-state index contributed by atoms with van der Waals surface area (Å²) < 4.78 is 6.10. The Morgan fingerprint density at radius 2 is 2.12 bits per heavy atom. The van der Waals surface area contributed by atoms with Crippen molar-refractivity contribution in [1.29, 1.82) is 0 Å². The number of nitrogens with zero attached hydrogens (tertiary/aromatic N) is 1. The molecule has 3 heteroatoms. The molecule has 0 unspecified atom stereocenters. The van der Waals surface area contributed by atoms with E-state index in [-0.39, 0.29) is 0 Å². The maximum atomic E-state index is 5.13. The van der Waals surface area contributed by atoms with Gasteiger partial charge in [0.05, 0.1) is 6.61 Å². The van der Waals surface area contributed by atoms with Crippen LogP contribution in [0.25, 0.3) is 0 Å². The van der Waals surface area contributed by atoms with Crippen LogP contribution in [-0.2, 0) is 4.74 Å². The highest BCUT2D eigenvalue weighted by molar-refractivity contribution is 9.11. The fraction of sp³-hybridized carbons (Fsp3) is 0.214. The summed E-state index contributed by atoms with van der Waals surface area (Å²) in [6, 6.07) is 0. The molecule has 0 heterocycles. The minimum Gasteiger partial charge on any atom is -0.380 e. The molecule has 0 saturated heterocycles. The van der Waals surface area contributed by atoms with Crippen molar-refractivity contribution in [2.45, 2.75) is 6.92 Å². The van der Waals surface area contributed by atoms with Gasteiger partial charge in [0.25, 0.3) is 0 Å². The van der Waals surface area contributed by atoms with Crippen LogP contribution in [-0.4, -0.2) is 20.4 Å². The molecule has 0 aliphatic rings. The summed E-state index contributed by atoms with van der Waals surface area (Å²) >= 11 is 3.46. The van der Waals surface area contributed by atoms with Crippen LogP contribution in [0.1, 0.15) is 6.92 Å². The molecule has 0 aliphatic heterocycles. The molecule has 0 aromatic carbocycles. The maximum Gasteiger partial charge on any atom is 0.0718 e. The lowest BCUT2D eigenvalue weighted by atomic mass is 10.1. The highest BCUT2D eigenvalue weighted by atomic mass is 79.9. The van der Waals surface area contributed by atoms with E-state index >= 15 is 0 Å². The topological polar surface area (TPSA) is 21.6 Å². The first-order valence-electron chi connectivity index (χ1n) is 5.16. The Morgan fingerprint density at radius 3 is 2.59 bits per heavy atom. The molecule has 0 saturated carbocycles. The van der Waals surface area contributed by atoms with Crippen molar-refractivity contribution < 1.29 is 4.74 Å². The van der Waals surface area contributed by atoms with Gasteiger partial charge in [-0.15, -0.1) is 0 Å². The van der Waals surface area contributed by atoms with Crippen LogP contribution >= 0.6 is 15.9 Å². The van der Waals surface area contributed by atoms with Gasteiger partial charge in [-0.05, 0) is 36.9 Å². The first-order valence-corrected chi connectivity index (χ1v) is 5.95. The molecule has 17 heavy (non-hydrogen) atoms. The molecule has 92 valence electrons. The Balaban J connectivity index is 5.37. The zero-order valence-electron chi connectivity index (χ0n) is 10.3. The summed E-state index contributed by atoms with van der Waals surface area (Å²) in [7, 11) is 1.65. The third-order valence-corrected chi connectivity index (χ3v) is 2.39. The summed E-state index contributed by atoms with van der Waals surface area (Å²) in [6.07, 6.45) is 11.2. The van der Waals surface area contributed by atoms with E-state index < -0.39 is 0 Å². The van der Waals surface area contributed by atoms with Crippen molar-refractivity contribution in [3.8, 4) is 0 Å². The third kappa shape index (κ3) is 6.87. The minimum atomic E-state index is 0.507. The summed E-state index contributed by atoms with van der Waals surface area (Å²) in [5, 5.41) is 0. The van der Waals surface area contributed by atoms with E-state index in [1.54, 1.807) is 19.4 Å². The van der Waals surface area contributed by atoms with Gasteiger partial charge in [0.2, 0.25) is 0 Å². The van der Waals surface area contributed by atoms with E-state index in [9.17, 15) is 0 Å². The van der Waals surface area contributed by atoms with E-state index in [4.69, 9.17) is 4.74 Å². The van der Waals surface area contributed by atoms with Crippen molar-refractivity contribution in [3.63, 3.8) is 0 Å². The van der Waals surface area contributed by atoms with Crippen molar-refractivity contribution in [1.82, 2.24) is 0 Å². The molecule has 0 fully saturated rings. The second-order valence-corrected chi connectivity index (χ2v) is 4.06. The predicted octanol–water partition coefficient (Wildman–Crippen LogP) is 4.18. The van der Waals surface area contributed by atoms with Crippen LogP contribution in [0.2, 0.25) is 0 Å². The van der Waals surface area contributed by atoms with Gasteiger partial charge >= 0.3 is 0 Å². The van der Waals surface area contributed by atoms with E-state index in [1.165, 1.54) is 0 Å². The standard InChI is InChI=1S/C14H18BrNO/c1-5-7-14(15)10-13(8-9-16-3)12(6-2)11-17-4/h5-10H,2-3,11H2,1,4H3/b7-5-,9-8-,13-12-,14-10+. The Hall–Kier alpha value is -1.19. The number of hydrogen-bond acceptors (Lipinski definition) is 2. The number of methoxy groups -OCH3 is 1. The molecule has 0 aromatic rings. The van der Waals surface area contributed by atoms with E-state index in [0.717, 1.165) is 15.6 Å². The smallest absolute Gasteiger partial charge is 0.0718 e. The van der Waals surface area contributed by atoms with Gasteiger partial charge in [0, 0.05) is 17.8 Å². The highest BCUT2D eigenvalue weighted by Crippen LogP contribution is 2.16. The fourth-order valence-electron chi connectivity index (χ4n) is 1.15. The van der Waals surface area contributed by atoms with E-state index in [1.807, 2.05) is 31.2 Å². The monoisotopic (exact) mass is 295 g/mol. The van der Waals surface area contributed by atoms with Gasteiger partial charge in [-0.1, -0.05) is 40.7 Å². The first kappa shape index (κ1) is 15.8. The van der Waals surface area contributed by atoms with E-state index in [0.29, 0.717) is 6.61 Å². The molecule has 2 nitrogen and oxygen atoms in total. The van der Waals surface area contributed by atoms with Crippen LogP contribution < -0.4 is 0 Å². The zero-order chi connectivity index (χ0) is 13.1. The summed E-state index contributed by atoms with van der Waals surface area (Å²) in [5.74, 6) is 0. The Bertz CT molecular complexity index is 376. The quantitative estimate of drug-likeness (QED) is 0.510. The van der Waals surface area contributed by atoms with Gasteiger partial charge in [-0.25, -0.2) is 0 Å².